The highest BCUT2D eigenvalue weighted by Gasteiger charge is 2.59. The summed E-state index contributed by atoms with van der Waals surface area (Å²) in [6, 6.07) is 10.6. The van der Waals surface area contributed by atoms with Gasteiger partial charge in [0.2, 0.25) is 5.91 Å². The van der Waals surface area contributed by atoms with E-state index in [9.17, 15) is 4.79 Å². The van der Waals surface area contributed by atoms with Crippen LogP contribution in [0.2, 0.25) is 0 Å². The molecular weight excluding hydrogens is 524 g/mol. The van der Waals surface area contributed by atoms with Gasteiger partial charge in [-0.15, -0.1) is 11.3 Å². The van der Waals surface area contributed by atoms with Crippen LogP contribution in [0.4, 0.5) is 0 Å². The van der Waals surface area contributed by atoms with E-state index in [4.69, 9.17) is 9.47 Å². The Morgan fingerprint density at radius 2 is 2.11 bits per heavy atom. The number of halogens is 1. The number of carbonyl (C=O) groups is 1. The van der Waals surface area contributed by atoms with Crippen LogP contribution in [0.15, 0.2) is 46.3 Å². The Bertz CT molecular complexity index is 1080. The summed E-state index contributed by atoms with van der Waals surface area (Å²) in [5, 5.41) is 5.34. The predicted molar refractivity (Wildman–Crippen MR) is 145 cm³/mol. The molecule has 1 aromatic heterocycles. The number of thiophene rings is 1. The summed E-state index contributed by atoms with van der Waals surface area (Å²) in [6.45, 7) is 3.20. The maximum absolute atomic E-state index is 12.9. The molecule has 3 fully saturated rings. The number of hydrogen-bond acceptors (Lipinski definition) is 5. The van der Waals surface area contributed by atoms with Crippen LogP contribution in [-0.4, -0.2) is 56.3 Å². The number of benzene rings is 1. The van der Waals surface area contributed by atoms with Crippen LogP contribution >= 0.6 is 27.3 Å². The van der Waals surface area contributed by atoms with Gasteiger partial charge in [0.25, 0.3) is 0 Å². The summed E-state index contributed by atoms with van der Waals surface area (Å²) in [7, 11) is 3.61. The zero-order chi connectivity index (χ0) is 24.5. The lowest BCUT2D eigenvalue weighted by molar-refractivity contribution is -0.150. The molecule has 0 spiro atoms. The molecule has 1 amide bonds. The molecule has 188 valence electrons. The highest BCUT2D eigenvalue weighted by Crippen LogP contribution is 2.54. The summed E-state index contributed by atoms with van der Waals surface area (Å²) in [5.74, 6) is 1.70. The molecular formula is C28H35BrN2O3S. The quantitative estimate of drug-likeness (QED) is 0.426. The molecule has 1 aromatic carbocycles. The van der Waals surface area contributed by atoms with E-state index in [-0.39, 0.29) is 23.0 Å². The fraction of sp³-hybridized carbons (Fsp3) is 0.536. The minimum Gasteiger partial charge on any atom is -0.497 e. The molecule has 2 aromatic rings. The number of ether oxygens (including phenoxy) is 2. The number of likely N-dealkylation sites (tertiary alicyclic amines) is 1. The zero-order valence-electron chi connectivity index (χ0n) is 20.6. The van der Waals surface area contributed by atoms with Crippen molar-refractivity contribution in [1.29, 1.82) is 0 Å². The third-order valence-electron chi connectivity index (χ3n) is 8.26. The van der Waals surface area contributed by atoms with Crippen LogP contribution < -0.4 is 10.1 Å². The number of carbonyl (C=O) groups excluding carboxylic acids is 1. The molecule has 5 rings (SSSR count). The Morgan fingerprint density at radius 3 is 2.83 bits per heavy atom. The maximum Gasteiger partial charge on any atom is 0.244 e. The van der Waals surface area contributed by atoms with E-state index in [1.54, 1.807) is 24.5 Å². The third kappa shape index (κ3) is 5.24. The molecule has 0 unspecified atom stereocenters. The van der Waals surface area contributed by atoms with Crippen molar-refractivity contribution in [2.45, 2.75) is 55.6 Å². The molecule has 3 aliphatic rings. The molecule has 2 heterocycles. The second-order valence-corrected chi connectivity index (χ2v) is 12.2. The fourth-order valence-corrected chi connectivity index (χ4v) is 7.62. The third-order valence-corrected chi connectivity index (χ3v) is 9.92. The molecule has 1 saturated heterocycles. The summed E-state index contributed by atoms with van der Waals surface area (Å²) >= 11 is 5.09. The first kappa shape index (κ1) is 25.0. The number of rotatable bonds is 8. The van der Waals surface area contributed by atoms with E-state index in [0.29, 0.717) is 0 Å². The van der Waals surface area contributed by atoms with Crippen molar-refractivity contribution in [3.05, 3.63) is 56.7 Å². The van der Waals surface area contributed by atoms with Gasteiger partial charge in [0.15, 0.2) is 0 Å². The van der Waals surface area contributed by atoms with Crippen molar-refractivity contribution in [1.82, 2.24) is 10.2 Å². The number of nitrogens with one attached hydrogen (secondary N) is 1. The van der Waals surface area contributed by atoms with Gasteiger partial charge >= 0.3 is 0 Å². The molecule has 0 bridgehead atoms. The van der Waals surface area contributed by atoms with Gasteiger partial charge in [0, 0.05) is 52.5 Å². The van der Waals surface area contributed by atoms with Gasteiger partial charge in [-0.2, -0.15) is 0 Å². The predicted octanol–water partition coefficient (Wildman–Crippen LogP) is 5.64. The largest absolute Gasteiger partial charge is 0.497 e. The molecule has 5 nitrogen and oxygen atoms in total. The van der Waals surface area contributed by atoms with E-state index >= 15 is 0 Å². The molecule has 2 aliphatic carbocycles. The van der Waals surface area contributed by atoms with E-state index in [2.05, 4.69) is 44.3 Å². The van der Waals surface area contributed by atoms with Crippen LogP contribution in [0, 0.1) is 5.92 Å². The SMILES string of the molecule is COc1cccc([C@@]23CCN(CC4CC4)C[C@@]2(OC)CC[C@H](NC(=O)C=Cc2cc(Br)cs2)C3)c1. The number of hydrogen-bond donors (Lipinski definition) is 1. The summed E-state index contributed by atoms with van der Waals surface area (Å²) < 4.78 is 13.1. The maximum atomic E-state index is 12.9. The number of methoxy groups -OCH3 is 2. The van der Waals surface area contributed by atoms with Gasteiger partial charge < -0.3 is 19.7 Å². The van der Waals surface area contributed by atoms with Crippen molar-refractivity contribution in [3.8, 4) is 5.75 Å². The normalized spacial score (nSPS) is 29.2. The van der Waals surface area contributed by atoms with Crippen molar-refractivity contribution in [2.24, 2.45) is 5.92 Å². The number of nitrogens with zero attached hydrogens (tertiary/aromatic N) is 1. The standard InChI is InChI=1S/C28H35BrN2O3S/c1-33-24-5-3-4-21(14-24)27-12-13-31(17-20-6-7-20)19-28(27,34-2)11-10-23(16-27)30-26(32)9-8-25-15-22(29)18-35-25/h3-5,8-9,14-15,18,20,23H,6-7,10-13,16-17,19H2,1-2H3,(H,30,32)/t23-,27-,28-/m0/s1. The van der Waals surface area contributed by atoms with Crippen molar-refractivity contribution in [3.63, 3.8) is 0 Å². The average molecular weight is 560 g/mol. The lowest BCUT2D eigenvalue weighted by Crippen LogP contribution is -2.68. The Hall–Kier alpha value is -1.67. The van der Waals surface area contributed by atoms with Crippen molar-refractivity contribution in [2.75, 3.05) is 33.9 Å². The first-order valence-electron chi connectivity index (χ1n) is 12.6. The van der Waals surface area contributed by atoms with Gasteiger partial charge in [-0.1, -0.05) is 12.1 Å². The lowest BCUT2D eigenvalue weighted by Gasteiger charge is -2.60. The molecule has 2 saturated carbocycles. The second kappa shape index (κ2) is 10.4. The van der Waals surface area contributed by atoms with Gasteiger partial charge in [-0.3, -0.25) is 4.79 Å². The number of piperidine rings is 1. The minimum absolute atomic E-state index is 0.0311. The minimum atomic E-state index is -0.271. The van der Waals surface area contributed by atoms with E-state index in [1.807, 2.05) is 30.7 Å². The first-order valence-corrected chi connectivity index (χ1v) is 14.3. The molecule has 1 aliphatic heterocycles. The van der Waals surface area contributed by atoms with Crippen LogP contribution in [0.1, 0.15) is 49.0 Å². The van der Waals surface area contributed by atoms with Crippen molar-refractivity contribution < 1.29 is 14.3 Å². The summed E-state index contributed by atoms with van der Waals surface area (Å²) in [4.78, 5) is 16.5. The van der Waals surface area contributed by atoms with Gasteiger partial charge in [-0.05, 0) is 96.8 Å². The summed E-state index contributed by atoms with van der Waals surface area (Å²) in [6.07, 6.45) is 10.0. The zero-order valence-corrected chi connectivity index (χ0v) is 23.0. The fourth-order valence-electron chi connectivity index (χ4n) is 6.28. The highest BCUT2D eigenvalue weighted by atomic mass is 79.9. The Kier molecular flexibility index (Phi) is 7.40. The molecule has 1 N–H and O–H groups in total. The molecule has 7 heteroatoms. The summed E-state index contributed by atoms with van der Waals surface area (Å²) in [5.41, 5.74) is 0.824. The molecule has 3 atom stereocenters. The Balaban J connectivity index is 1.39. The number of fused-ring (bicyclic) bond motifs is 1. The number of amides is 1. The van der Waals surface area contributed by atoms with Gasteiger partial charge in [0.05, 0.1) is 12.7 Å². The highest BCUT2D eigenvalue weighted by molar-refractivity contribution is 9.10. The molecule has 0 radical (unpaired) electrons. The van der Waals surface area contributed by atoms with Crippen LogP contribution in [0.3, 0.4) is 0 Å². The van der Waals surface area contributed by atoms with Crippen LogP contribution in [-0.2, 0) is 14.9 Å². The second-order valence-electron chi connectivity index (χ2n) is 10.4. The topological polar surface area (TPSA) is 50.8 Å². The van der Waals surface area contributed by atoms with E-state index < -0.39 is 0 Å². The van der Waals surface area contributed by atoms with Crippen LogP contribution in [0.25, 0.3) is 6.08 Å². The van der Waals surface area contributed by atoms with E-state index in [0.717, 1.165) is 59.8 Å². The first-order chi connectivity index (χ1) is 16.9. The molecule has 35 heavy (non-hydrogen) atoms. The smallest absolute Gasteiger partial charge is 0.244 e. The van der Waals surface area contributed by atoms with Crippen molar-refractivity contribution >= 4 is 39.2 Å². The Morgan fingerprint density at radius 1 is 1.26 bits per heavy atom. The monoisotopic (exact) mass is 558 g/mol. The lowest BCUT2D eigenvalue weighted by atomic mass is 9.55. The van der Waals surface area contributed by atoms with E-state index in [1.165, 1.54) is 24.9 Å². The van der Waals surface area contributed by atoms with Gasteiger partial charge in [0.1, 0.15) is 5.75 Å². The Labute approximate surface area is 221 Å². The van der Waals surface area contributed by atoms with Gasteiger partial charge in [-0.25, -0.2) is 0 Å². The van der Waals surface area contributed by atoms with Crippen LogP contribution in [0.5, 0.6) is 5.75 Å². The average Bonchev–Trinajstić information content (AvgIpc) is 3.60.